The monoisotopic (exact) mass is 690 g/mol. The van der Waals surface area contributed by atoms with Crippen LogP contribution >= 0.6 is 0 Å². The molecule has 0 spiro atoms. The van der Waals surface area contributed by atoms with E-state index in [1.165, 1.54) is 0 Å². The van der Waals surface area contributed by atoms with Crippen molar-refractivity contribution in [3.05, 3.63) is 35.4 Å². The van der Waals surface area contributed by atoms with Gasteiger partial charge >= 0.3 is 24.4 Å². The molecule has 14 heteroatoms. The highest BCUT2D eigenvalue weighted by atomic mass is 16.6. The molecular formula is C35H58N6O8. The van der Waals surface area contributed by atoms with Gasteiger partial charge in [0.1, 0.15) is 22.4 Å². The number of nitrogens with one attached hydrogen (secondary N) is 2. The summed E-state index contributed by atoms with van der Waals surface area (Å²) in [6.45, 7) is 24.5. The van der Waals surface area contributed by atoms with Gasteiger partial charge in [-0.2, -0.15) is 0 Å². The van der Waals surface area contributed by atoms with Gasteiger partial charge in [-0.15, -0.1) is 0 Å². The van der Waals surface area contributed by atoms with Crippen LogP contribution < -0.4 is 10.6 Å². The number of hydrogen-bond acceptors (Lipinski definition) is 10. The predicted octanol–water partition coefficient (Wildman–Crippen LogP) is 5.88. The molecule has 14 nitrogen and oxygen atoms in total. The van der Waals surface area contributed by atoms with Gasteiger partial charge in [0, 0.05) is 45.8 Å². The fraction of sp³-hybridized carbons (Fsp3) is 0.686. The van der Waals surface area contributed by atoms with Crippen LogP contribution in [-0.2, 0) is 32.0 Å². The summed E-state index contributed by atoms with van der Waals surface area (Å²) < 4.78 is 22.0. The van der Waals surface area contributed by atoms with E-state index in [0.717, 1.165) is 11.1 Å². The second kappa shape index (κ2) is 17.0. The highest BCUT2D eigenvalue weighted by Gasteiger charge is 2.28. The van der Waals surface area contributed by atoms with Crippen molar-refractivity contribution in [3.63, 3.8) is 0 Å². The van der Waals surface area contributed by atoms with Crippen LogP contribution in [0.3, 0.4) is 0 Å². The third-order valence-corrected chi connectivity index (χ3v) is 6.37. The first-order chi connectivity index (χ1) is 22.4. The molecule has 1 aliphatic rings. The Morgan fingerprint density at radius 1 is 0.612 bits per heavy atom. The molecule has 0 aliphatic carbocycles. The molecule has 0 bridgehead atoms. The number of ether oxygens (including phenoxy) is 4. The molecule has 1 fully saturated rings. The average molecular weight is 691 g/mol. The molecule has 0 unspecified atom stereocenters. The highest BCUT2D eigenvalue weighted by molar-refractivity contribution is 6.01. The minimum atomic E-state index is -0.773. The maximum absolute atomic E-state index is 13.1. The minimum Gasteiger partial charge on any atom is -0.444 e. The third-order valence-electron chi connectivity index (χ3n) is 6.37. The van der Waals surface area contributed by atoms with E-state index in [9.17, 15) is 19.2 Å². The number of rotatable bonds is 4. The van der Waals surface area contributed by atoms with Crippen molar-refractivity contribution in [1.29, 1.82) is 0 Å². The van der Waals surface area contributed by atoms with E-state index in [4.69, 9.17) is 18.9 Å². The van der Waals surface area contributed by atoms with Gasteiger partial charge in [0.25, 0.3) is 0 Å². The smallest absolute Gasteiger partial charge is 0.414 e. The van der Waals surface area contributed by atoms with E-state index < -0.39 is 46.8 Å². The predicted molar refractivity (Wildman–Crippen MR) is 187 cm³/mol. The summed E-state index contributed by atoms with van der Waals surface area (Å²) >= 11 is 0. The molecule has 0 atom stereocenters. The zero-order valence-electron chi connectivity index (χ0n) is 31.5. The Hall–Kier alpha value is -4.07. The third kappa shape index (κ3) is 17.8. The van der Waals surface area contributed by atoms with E-state index in [2.05, 4.69) is 20.5 Å². The van der Waals surface area contributed by atoms with Crippen molar-refractivity contribution in [1.82, 2.24) is 25.3 Å². The average Bonchev–Trinajstić information content (AvgIpc) is 2.99. The summed E-state index contributed by atoms with van der Waals surface area (Å²) in [4.78, 5) is 61.0. The molecule has 0 radical (unpaired) electrons. The summed E-state index contributed by atoms with van der Waals surface area (Å²) in [6, 6.07) is 7.75. The molecule has 1 aromatic rings. The van der Waals surface area contributed by atoms with Crippen LogP contribution in [0.2, 0.25) is 0 Å². The molecule has 1 saturated heterocycles. The Labute approximate surface area is 291 Å². The number of benzene rings is 1. The van der Waals surface area contributed by atoms with Crippen molar-refractivity contribution in [2.75, 3.05) is 39.3 Å². The van der Waals surface area contributed by atoms with Crippen molar-refractivity contribution < 1.29 is 38.1 Å². The van der Waals surface area contributed by atoms with Crippen molar-refractivity contribution in [2.24, 2.45) is 4.99 Å². The zero-order chi connectivity index (χ0) is 37.2. The molecule has 1 aromatic carbocycles. The lowest BCUT2D eigenvalue weighted by Crippen LogP contribution is -2.47. The van der Waals surface area contributed by atoms with Crippen LogP contribution in [-0.4, -0.2) is 107 Å². The molecule has 4 amide bonds. The fourth-order valence-electron chi connectivity index (χ4n) is 4.44. The molecular weight excluding hydrogens is 632 g/mol. The lowest BCUT2D eigenvalue weighted by Gasteiger charge is -2.30. The molecule has 2 N–H and O–H groups in total. The molecule has 1 heterocycles. The topological polar surface area (TPSA) is 151 Å². The Morgan fingerprint density at radius 2 is 1.00 bits per heavy atom. The molecule has 0 aromatic heterocycles. The second-order valence-electron chi connectivity index (χ2n) is 15.9. The quantitative estimate of drug-likeness (QED) is 0.224. The largest absolute Gasteiger partial charge is 0.444 e. The van der Waals surface area contributed by atoms with E-state index in [1.807, 2.05) is 65.8 Å². The summed E-state index contributed by atoms with van der Waals surface area (Å²) in [6.07, 6.45) is -2.42. The van der Waals surface area contributed by atoms with Gasteiger partial charge in [-0.25, -0.2) is 24.2 Å². The maximum atomic E-state index is 13.1. The van der Waals surface area contributed by atoms with Gasteiger partial charge in [-0.05, 0) is 94.2 Å². The van der Waals surface area contributed by atoms with Crippen LogP contribution in [0.15, 0.2) is 29.3 Å². The second-order valence-corrected chi connectivity index (χ2v) is 15.9. The van der Waals surface area contributed by atoms with E-state index >= 15 is 0 Å². The lowest BCUT2D eigenvalue weighted by molar-refractivity contribution is 0.0154. The first-order valence-corrected chi connectivity index (χ1v) is 16.7. The van der Waals surface area contributed by atoms with Gasteiger partial charge in [-0.3, -0.25) is 15.5 Å². The van der Waals surface area contributed by atoms with E-state index in [-0.39, 0.29) is 12.5 Å². The molecule has 2 rings (SSSR count). The summed E-state index contributed by atoms with van der Waals surface area (Å²) in [5, 5.41) is 5.00. The number of carbonyl (C=O) groups is 4. The number of guanidine groups is 1. The zero-order valence-corrected chi connectivity index (χ0v) is 31.5. The van der Waals surface area contributed by atoms with Gasteiger partial charge in [0.2, 0.25) is 5.96 Å². The number of amides is 4. The lowest BCUT2D eigenvalue weighted by atomic mass is 10.1. The van der Waals surface area contributed by atoms with Gasteiger partial charge < -0.3 is 28.7 Å². The molecule has 0 saturated carbocycles. The van der Waals surface area contributed by atoms with Gasteiger partial charge in [-0.1, -0.05) is 24.3 Å². The van der Waals surface area contributed by atoms with Crippen LogP contribution in [0, 0.1) is 0 Å². The molecule has 1 aliphatic heterocycles. The molecule has 49 heavy (non-hydrogen) atoms. The Morgan fingerprint density at radius 3 is 1.41 bits per heavy atom. The summed E-state index contributed by atoms with van der Waals surface area (Å²) in [5.41, 5.74) is -1.03. The van der Waals surface area contributed by atoms with Crippen LogP contribution in [0.5, 0.6) is 0 Å². The first-order valence-electron chi connectivity index (χ1n) is 16.7. The standard InChI is InChI=1S/C35H58N6O8/c1-32(2,3)46-28(42)37-27(38-29(43)47-33(4,5)6)36-23-25-14-13-15-26(22-25)24-39-16-18-40(30(44)48-34(7,8)9)20-21-41(19-17-39)31(45)49-35(10,11)12/h13-15,22H,16-21,23-24H2,1-12H3,(H2,36,37,38,42,43). The Kier molecular flexibility index (Phi) is 14.3. The minimum absolute atomic E-state index is 0.113. The maximum Gasteiger partial charge on any atom is 0.414 e. The Bertz CT molecular complexity index is 1250. The van der Waals surface area contributed by atoms with Crippen LogP contribution in [0.4, 0.5) is 19.2 Å². The van der Waals surface area contributed by atoms with E-state index in [0.29, 0.717) is 45.8 Å². The van der Waals surface area contributed by atoms with Crippen molar-refractivity contribution in [2.45, 2.75) is 119 Å². The number of alkyl carbamates (subject to hydrolysis) is 2. The number of aliphatic imine (C=N–C) groups is 1. The van der Waals surface area contributed by atoms with Crippen LogP contribution in [0.25, 0.3) is 0 Å². The fourth-order valence-corrected chi connectivity index (χ4v) is 4.44. The normalized spacial score (nSPS) is 15.2. The number of nitrogens with zero attached hydrogens (tertiary/aromatic N) is 4. The molecule has 276 valence electrons. The number of hydrogen-bond donors (Lipinski definition) is 2. The van der Waals surface area contributed by atoms with Crippen molar-refractivity contribution >= 4 is 30.3 Å². The summed E-state index contributed by atoms with van der Waals surface area (Å²) in [7, 11) is 0. The number of carbonyl (C=O) groups excluding carboxylic acids is 4. The first kappa shape index (κ1) is 41.1. The SMILES string of the molecule is CC(C)(C)OC(=O)NC(=NCc1cccc(CN2CCN(C(=O)OC(C)(C)C)CCN(C(=O)OC(C)(C)C)CC2)c1)NC(=O)OC(C)(C)C. The highest BCUT2D eigenvalue weighted by Crippen LogP contribution is 2.16. The van der Waals surface area contributed by atoms with Gasteiger partial charge in [0.05, 0.1) is 6.54 Å². The Balaban J connectivity index is 2.26. The van der Waals surface area contributed by atoms with Crippen LogP contribution in [0.1, 0.15) is 94.2 Å². The summed E-state index contributed by atoms with van der Waals surface area (Å²) in [5.74, 6) is -0.113. The van der Waals surface area contributed by atoms with E-state index in [1.54, 1.807) is 51.3 Å². The van der Waals surface area contributed by atoms with Gasteiger partial charge in [0.15, 0.2) is 0 Å². The van der Waals surface area contributed by atoms with Crippen molar-refractivity contribution in [3.8, 4) is 0 Å².